The van der Waals surface area contributed by atoms with Crippen molar-refractivity contribution in [1.29, 1.82) is 0 Å². The number of esters is 3. The summed E-state index contributed by atoms with van der Waals surface area (Å²) in [6.45, 7) is 6.66. The zero-order valence-electron chi connectivity index (χ0n) is 42.2. The van der Waals surface area contributed by atoms with Gasteiger partial charge in [-0.25, -0.2) is 0 Å². The minimum atomic E-state index is -0.759. The Balaban J connectivity index is 4.07. The van der Waals surface area contributed by atoms with E-state index in [1.54, 1.807) is 0 Å². The van der Waals surface area contributed by atoms with Crippen LogP contribution in [0.1, 0.15) is 323 Å². The molecular formula is C56H108O6. The maximum Gasteiger partial charge on any atom is 0.306 e. The highest BCUT2D eigenvalue weighted by molar-refractivity contribution is 5.71. The van der Waals surface area contributed by atoms with Crippen LogP contribution in [0.4, 0.5) is 0 Å². The molecular weight excluding hydrogens is 769 g/mol. The van der Waals surface area contributed by atoms with E-state index in [4.69, 9.17) is 14.2 Å². The van der Waals surface area contributed by atoms with Crippen LogP contribution in [0.3, 0.4) is 0 Å². The van der Waals surface area contributed by atoms with E-state index in [1.165, 1.54) is 225 Å². The van der Waals surface area contributed by atoms with Gasteiger partial charge in [-0.2, -0.15) is 0 Å². The molecule has 0 amide bonds. The van der Waals surface area contributed by atoms with E-state index in [1.807, 2.05) is 0 Å². The van der Waals surface area contributed by atoms with Crippen LogP contribution < -0.4 is 0 Å². The summed E-state index contributed by atoms with van der Waals surface area (Å²) < 4.78 is 16.8. The average molecular weight is 877 g/mol. The van der Waals surface area contributed by atoms with Crippen molar-refractivity contribution in [3.8, 4) is 0 Å². The van der Waals surface area contributed by atoms with Crippen LogP contribution in [-0.4, -0.2) is 37.2 Å². The molecule has 6 heteroatoms. The lowest BCUT2D eigenvalue weighted by molar-refractivity contribution is -0.167. The number of unbranched alkanes of at least 4 members (excludes halogenated alkanes) is 41. The summed E-state index contributed by atoms with van der Waals surface area (Å²) in [4.78, 5) is 37.9. The third-order valence-corrected chi connectivity index (χ3v) is 12.9. The molecule has 0 radical (unpaired) electrons. The Morgan fingerprint density at radius 1 is 0.258 bits per heavy atom. The van der Waals surface area contributed by atoms with Crippen LogP contribution in [0, 0.1) is 0 Å². The topological polar surface area (TPSA) is 78.9 Å². The second kappa shape index (κ2) is 52.0. The largest absolute Gasteiger partial charge is 0.462 e. The van der Waals surface area contributed by atoms with Crippen molar-refractivity contribution in [2.75, 3.05) is 13.2 Å². The van der Waals surface area contributed by atoms with Gasteiger partial charge < -0.3 is 14.2 Å². The van der Waals surface area contributed by atoms with Crippen molar-refractivity contribution in [2.45, 2.75) is 329 Å². The minimum Gasteiger partial charge on any atom is -0.462 e. The summed E-state index contributed by atoms with van der Waals surface area (Å²) >= 11 is 0. The maximum atomic E-state index is 12.7. The number of ether oxygens (including phenoxy) is 3. The third kappa shape index (κ3) is 49.4. The second-order valence-corrected chi connectivity index (χ2v) is 19.2. The summed E-state index contributed by atoms with van der Waals surface area (Å²) in [5.41, 5.74) is 0. The summed E-state index contributed by atoms with van der Waals surface area (Å²) in [6, 6.07) is 0. The van der Waals surface area contributed by atoms with E-state index in [0.29, 0.717) is 19.3 Å². The smallest absolute Gasteiger partial charge is 0.306 e. The van der Waals surface area contributed by atoms with Gasteiger partial charge in [0.25, 0.3) is 0 Å². The van der Waals surface area contributed by atoms with E-state index in [9.17, 15) is 14.4 Å². The van der Waals surface area contributed by atoms with E-state index in [0.717, 1.165) is 57.8 Å². The summed E-state index contributed by atoms with van der Waals surface area (Å²) in [5, 5.41) is 0. The van der Waals surface area contributed by atoms with Gasteiger partial charge in [0.1, 0.15) is 13.2 Å². The zero-order valence-corrected chi connectivity index (χ0v) is 42.2. The number of hydrogen-bond acceptors (Lipinski definition) is 6. The summed E-state index contributed by atoms with van der Waals surface area (Å²) in [6.07, 6.45) is 56.9. The Morgan fingerprint density at radius 3 is 0.645 bits per heavy atom. The van der Waals surface area contributed by atoms with Gasteiger partial charge in [-0.3, -0.25) is 14.4 Å². The Morgan fingerprint density at radius 2 is 0.435 bits per heavy atom. The lowest BCUT2D eigenvalue weighted by atomic mass is 10.0. The molecule has 6 nitrogen and oxygen atoms in total. The molecule has 62 heavy (non-hydrogen) atoms. The van der Waals surface area contributed by atoms with E-state index < -0.39 is 6.10 Å². The minimum absolute atomic E-state index is 0.0620. The second-order valence-electron chi connectivity index (χ2n) is 19.2. The standard InChI is InChI=1S/C56H108O6/c1-4-7-10-13-16-19-21-23-24-25-26-27-28-29-30-31-32-33-34-36-37-40-43-46-49-55(58)61-52-53(51-60-54(57)48-45-42-39-18-15-12-9-6-3)62-56(59)50-47-44-41-38-35-22-20-17-14-11-8-5-2/h53H,4-52H2,1-3H3. The Bertz CT molecular complexity index is 920. The third-order valence-electron chi connectivity index (χ3n) is 12.9. The molecule has 0 aromatic carbocycles. The van der Waals surface area contributed by atoms with Gasteiger partial charge in [0.2, 0.25) is 0 Å². The first kappa shape index (κ1) is 60.4. The molecule has 0 saturated carbocycles. The van der Waals surface area contributed by atoms with Gasteiger partial charge in [-0.05, 0) is 19.3 Å². The van der Waals surface area contributed by atoms with Gasteiger partial charge >= 0.3 is 17.9 Å². The first-order chi connectivity index (χ1) is 30.5. The molecule has 0 bridgehead atoms. The molecule has 0 aromatic rings. The first-order valence-electron chi connectivity index (χ1n) is 28.0. The van der Waals surface area contributed by atoms with Crippen molar-refractivity contribution >= 4 is 17.9 Å². The van der Waals surface area contributed by atoms with E-state index in [2.05, 4.69) is 20.8 Å². The van der Waals surface area contributed by atoms with E-state index >= 15 is 0 Å². The van der Waals surface area contributed by atoms with Crippen LogP contribution in [-0.2, 0) is 28.6 Å². The van der Waals surface area contributed by atoms with Crippen molar-refractivity contribution in [3.05, 3.63) is 0 Å². The fourth-order valence-corrected chi connectivity index (χ4v) is 8.62. The highest BCUT2D eigenvalue weighted by Gasteiger charge is 2.19. The molecule has 0 heterocycles. The lowest BCUT2D eigenvalue weighted by Crippen LogP contribution is -2.30. The van der Waals surface area contributed by atoms with Gasteiger partial charge in [0.15, 0.2) is 6.10 Å². The van der Waals surface area contributed by atoms with Gasteiger partial charge in [0.05, 0.1) is 0 Å². The normalized spacial score (nSPS) is 11.9. The zero-order chi connectivity index (χ0) is 45.1. The molecule has 1 atom stereocenters. The molecule has 1 unspecified atom stereocenters. The predicted octanol–water partition coefficient (Wildman–Crippen LogP) is 18.4. The number of carbonyl (C=O) groups excluding carboxylic acids is 3. The molecule has 0 N–H and O–H groups in total. The Kier molecular flexibility index (Phi) is 50.7. The molecule has 0 aliphatic rings. The maximum absolute atomic E-state index is 12.7. The lowest BCUT2D eigenvalue weighted by Gasteiger charge is -2.18. The number of hydrogen-bond donors (Lipinski definition) is 0. The SMILES string of the molecule is CCCCCCCCCCCCCCCCCCCCCCCCCCC(=O)OCC(COC(=O)CCCCCCCCCC)OC(=O)CCCCCCCCCCCCCC. The van der Waals surface area contributed by atoms with Crippen molar-refractivity contribution in [1.82, 2.24) is 0 Å². The molecule has 0 aliphatic carbocycles. The van der Waals surface area contributed by atoms with Crippen LogP contribution in [0.2, 0.25) is 0 Å². The summed E-state index contributed by atoms with van der Waals surface area (Å²) in [7, 11) is 0. The summed E-state index contributed by atoms with van der Waals surface area (Å²) in [5.74, 6) is -0.845. The molecule has 0 rings (SSSR count). The quantitative estimate of drug-likeness (QED) is 0.0344. The Hall–Kier alpha value is -1.59. The predicted molar refractivity (Wildman–Crippen MR) is 266 cm³/mol. The van der Waals surface area contributed by atoms with Crippen LogP contribution in [0.25, 0.3) is 0 Å². The van der Waals surface area contributed by atoms with Gasteiger partial charge in [-0.1, -0.05) is 284 Å². The molecule has 0 fully saturated rings. The van der Waals surface area contributed by atoms with Crippen LogP contribution in [0.15, 0.2) is 0 Å². The van der Waals surface area contributed by atoms with Crippen molar-refractivity contribution in [2.24, 2.45) is 0 Å². The molecule has 0 aromatic heterocycles. The highest BCUT2D eigenvalue weighted by atomic mass is 16.6. The monoisotopic (exact) mass is 877 g/mol. The Labute approximate surface area is 387 Å². The first-order valence-corrected chi connectivity index (χ1v) is 28.0. The van der Waals surface area contributed by atoms with Crippen LogP contribution >= 0.6 is 0 Å². The van der Waals surface area contributed by atoms with Crippen molar-refractivity contribution in [3.63, 3.8) is 0 Å². The average Bonchev–Trinajstić information content (AvgIpc) is 3.27. The molecule has 0 saturated heterocycles. The number of rotatable bonds is 52. The van der Waals surface area contributed by atoms with Gasteiger partial charge in [0, 0.05) is 19.3 Å². The van der Waals surface area contributed by atoms with Crippen molar-refractivity contribution < 1.29 is 28.6 Å². The van der Waals surface area contributed by atoms with E-state index in [-0.39, 0.29) is 31.1 Å². The fourth-order valence-electron chi connectivity index (χ4n) is 8.62. The number of carbonyl (C=O) groups is 3. The fraction of sp³-hybridized carbons (Fsp3) is 0.946. The molecule has 0 spiro atoms. The van der Waals surface area contributed by atoms with Crippen LogP contribution in [0.5, 0.6) is 0 Å². The molecule has 0 aliphatic heterocycles. The highest BCUT2D eigenvalue weighted by Crippen LogP contribution is 2.17. The van der Waals surface area contributed by atoms with Gasteiger partial charge in [-0.15, -0.1) is 0 Å². The molecule has 368 valence electrons.